The zero-order chi connectivity index (χ0) is 16.1. The summed E-state index contributed by atoms with van der Waals surface area (Å²) >= 11 is 0. The summed E-state index contributed by atoms with van der Waals surface area (Å²) in [5.41, 5.74) is 2.72. The molecule has 118 valence electrons. The molecule has 3 rings (SSSR count). The molecule has 0 aliphatic carbocycles. The van der Waals surface area contributed by atoms with Gasteiger partial charge in [0.25, 0.3) is 0 Å². The van der Waals surface area contributed by atoms with Crippen LogP contribution in [0.3, 0.4) is 0 Å². The van der Waals surface area contributed by atoms with E-state index in [1.54, 1.807) is 24.3 Å². The van der Waals surface area contributed by atoms with Crippen molar-refractivity contribution in [2.24, 2.45) is 0 Å². The van der Waals surface area contributed by atoms with Crippen molar-refractivity contribution in [2.75, 3.05) is 31.2 Å². The van der Waals surface area contributed by atoms with Gasteiger partial charge in [-0.3, -0.25) is 4.79 Å². The molecule has 2 aromatic carbocycles. The number of ether oxygens (including phenoxy) is 1. The lowest BCUT2D eigenvalue weighted by Gasteiger charge is -2.28. The monoisotopic (exact) mass is 309 g/mol. The largest absolute Gasteiger partial charge is 0.508 e. The summed E-state index contributed by atoms with van der Waals surface area (Å²) in [6, 6.07) is 14.4. The Labute approximate surface area is 135 Å². The number of phenolic OH excluding ortho intramolecular Hbond substituents is 1. The first-order valence-electron chi connectivity index (χ1n) is 7.66. The van der Waals surface area contributed by atoms with Crippen molar-refractivity contribution >= 4 is 17.5 Å². The molecule has 0 spiro atoms. The lowest BCUT2D eigenvalue weighted by atomic mass is 10.1. The van der Waals surface area contributed by atoms with E-state index in [4.69, 9.17) is 4.74 Å². The molecule has 1 saturated heterocycles. The number of benzene rings is 2. The summed E-state index contributed by atoms with van der Waals surface area (Å²) in [7, 11) is 0. The van der Waals surface area contributed by atoms with Gasteiger partial charge in [0.05, 0.1) is 13.2 Å². The Kier molecular flexibility index (Phi) is 4.74. The van der Waals surface area contributed by atoms with E-state index in [1.807, 2.05) is 12.1 Å². The molecule has 23 heavy (non-hydrogen) atoms. The zero-order valence-corrected chi connectivity index (χ0v) is 12.8. The second-order valence-electron chi connectivity index (χ2n) is 5.44. The van der Waals surface area contributed by atoms with Crippen LogP contribution in [0.4, 0.5) is 5.69 Å². The van der Waals surface area contributed by atoms with Crippen LogP contribution in [0.25, 0.3) is 6.08 Å². The third-order valence-corrected chi connectivity index (χ3v) is 3.85. The van der Waals surface area contributed by atoms with E-state index in [2.05, 4.69) is 17.0 Å². The van der Waals surface area contributed by atoms with Crippen LogP contribution in [0.5, 0.6) is 5.75 Å². The maximum Gasteiger partial charge on any atom is 0.185 e. The molecule has 0 saturated carbocycles. The van der Waals surface area contributed by atoms with Crippen molar-refractivity contribution in [1.82, 2.24) is 0 Å². The SMILES string of the molecule is O=C(/C=C/c1ccc(N2CCOCC2)cc1)c1ccc(O)cc1. The van der Waals surface area contributed by atoms with E-state index >= 15 is 0 Å². The summed E-state index contributed by atoms with van der Waals surface area (Å²) in [4.78, 5) is 14.3. The van der Waals surface area contributed by atoms with Gasteiger partial charge in [0, 0.05) is 24.3 Å². The van der Waals surface area contributed by atoms with Crippen LogP contribution in [0, 0.1) is 0 Å². The number of morpholine rings is 1. The number of carbonyl (C=O) groups is 1. The minimum Gasteiger partial charge on any atom is -0.508 e. The van der Waals surface area contributed by atoms with Crippen LogP contribution in [0.15, 0.2) is 54.6 Å². The summed E-state index contributed by atoms with van der Waals surface area (Å²) in [6.45, 7) is 3.36. The first-order valence-corrected chi connectivity index (χ1v) is 7.66. The van der Waals surface area contributed by atoms with Gasteiger partial charge < -0.3 is 14.7 Å². The zero-order valence-electron chi connectivity index (χ0n) is 12.8. The number of aromatic hydroxyl groups is 1. The highest BCUT2D eigenvalue weighted by atomic mass is 16.5. The molecule has 0 unspecified atom stereocenters. The van der Waals surface area contributed by atoms with Gasteiger partial charge in [0.1, 0.15) is 5.75 Å². The Morgan fingerprint density at radius 1 is 1.00 bits per heavy atom. The molecule has 1 aliphatic heterocycles. The third-order valence-electron chi connectivity index (χ3n) is 3.85. The highest BCUT2D eigenvalue weighted by Crippen LogP contribution is 2.17. The molecule has 1 N–H and O–H groups in total. The molecule has 2 aromatic rings. The molecule has 0 radical (unpaired) electrons. The molecular formula is C19H19NO3. The number of allylic oxidation sites excluding steroid dienone is 1. The maximum atomic E-state index is 12.1. The van der Waals surface area contributed by atoms with Gasteiger partial charge in [0.15, 0.2) is 5.78 Å². The molecular weight excluding hydrogens is 290 g/mol. The molecule has 0 atom stereocenters. The Morgan fingerprint density at radius 3 is 2.30 bits per heavy atom. The number of anilines is 1. The number of carbonyl (C=O) groups excluding carboxylic acids is 1. The average molecular weight is 309 g/mol. The van der Waals surface area contributed by atoms with Crippen molar-refractivity contribution in [1.29, 1.82) is 0 Å². The van der Waals surface area contributed by atoms with Crippen molar-refractivity contribution < 1.29 is 14.6 Å². The molecule has 1 fully saturated rings. The van der Waals surface area contributed by atoms with Crippen molar-refractivity contribution in [3.63, 3.8) is 0 Å². The van der Waals surface area contributed by atoms with Gasteiger partial charge in [-0.2, -0.15) is 0 Å². The van der Waals surface area contributed by atoms with Crippen LogP contribution >= 0.6 is 0 Å². The minimum atomic E-state index is -0.0812. The molecule has 0 aromatic heterocycles. The number of hydrogen-bond acceptors (Lipinski definition) is 4. The summed E-state index contributed by atoms with van der Waals surface area (Å²) in [5.74, 6) is 0.0755. The quantitative estimate of drug-likeness (QED) is 0.696. The highest BCUT2D eigenvalue weighted by Gasteiger charge is 2.10. The standard InChI is InChI=1S/C19H19NO3/c21-18-8-4-16(5-9-18)19(22)10-3-15-1-6-17(7-2-15)20-11-13-23-14-12-20/h1-10,21H,11-14H2/b10-3+. The van der Waals surface area contributed by atoms with E-state index in [9.17, 15) is 9.90 Å². The number of rotatable bonds is 4. The van der Waals surface area contributed by atoms with Gasteiger partial charge in [-0.1, -0.05) is 18.2 Å². The normalized spacial score (nSPS) is 15.0. The smallest absolute Gasteiger partial charge is 0.185 e. The van der Waals surface area contributed by atoms with Gasteiger partial charge in [-0.05, 0) is 48.0 Å². The minimum absolute atomic E-state index is 0.0812. The van der Waals surface area contributed by atoms with E-state index in [-0.39, 0.29) is 11.5 Å². The fourth-order valence-electron chi connectivity index (χ4n) is 2.51. The van der Waals surface area contributed by atoms with Gasteiger partial charge >= 0.3 is 0 Å². The number of ketones is 1. The molecule has 0 amide bonds. The number of phenols is 1. The molecule has 1 aliphatic rings. The van der Waals surface area contributed by atoms with E-state index in [1.165, 1.54) is 17.8 Å². The molecule has 1 heterocycles. The predicted molar refractivity (Wildman–Crippen MR) is 90.9 cm³/mol. The van der Waals surface area contributed by atoms with Crippen LogP contribution in [0.1, 0.15) is 15.9 Å². The van der Waals surface area contributed by atoms with Crippen molar-refractivity contribution in [3.8, 4) is 5.75 Å². The maximum absolute atomic E-state index is 12.1. The summed E-state index contributed by atoms with van der Waals surface area (Å²) in [5, 5.41) is 9.24. The lowest BCUT2D eigenvalue weighted by Crippen LogP contribution is -2.36. The average Bonchev–Trinajstić information content (AvgIpc) is 2.61. The Morgan fingerprint density at radius 2 is 1.65 bits per heavy atom. The highest BCUT2D eigenvalue weighted by molar-refractivity contribution is 6.06. The fraction of sp³-hybridized carbons (Fsp3) is 0.211. The first-order chi connectivity index (χ1) is 11.2. The molecule has 0 bridgehead atoms. The molecule has 4 heteroatoms. The topological polar surface area (TPSA) is 49.8 Å². The Balaban J connectivity index is 1.65. The van der Waals surface area contributed by atoms with Gasteiger partial charge in [-0.15, -0.1) is 0 Å². The second-order valence-corrected chi connectivity index (χ2v) is 5.44. The van der Waals surface area contributed by atoms with Crippen LogP contribution in [-0.2, 0) is 4.74 Å². The summed E-state index contributed by atoms with van der Waals surface area (Å²) in [6.07, 6.45) is 3.36. The van der Waals surface area contributed by atoms with E-state index < -0.39 is 0 Å². The summed E-state index contributed by atoms with van der Waals surface area (Å²) < 4.78 is 5.35. The second kappa shape index (κ2) is 7.11. The van der Waals surface area contributed by atoms with Gasteiger partial charge in [-0.25, -0.2) is 0 Å². The lowest BCUT2D eigenvalue weighted by molar-refractivity contribution is 0.104. The van der Waals surface area contributed by atoms with E-state index in [0.29, 0.717) is 5.56 Å². The van der Waals surface area contributed by atoms with Crippen LogP contribution in [0.2, 0.25) is 0 Å². The first kappa shape index (κ1) is 15.3. The number of nitrogens with zero attached hydrogens (tertiary/aromatic N) is 1. The Hall–Kier alpha value is -2.59. The van der Waals surface area contributed by atoms with Crippen molar-refractivity contribution in [3.05, 3.63) is 65.7 Å². The third kappa shape index (κ3) is 3.99. The number of hydrogen-bond donors (Lipinski definition) is 1. The van der Waals surface area contributed by atoms with Crippen LogP contribution < -0.4 is 4.90 Å². The molecule has 4 nitrogen and oxygen atoms in total. The predicted octanol–water partition coefficient (Wildman–Crippen LogP) is 3.12. The van der Waals surface area contributed by atoms with Crippen LogP contribution in [-0.4, -0.2) is 37.2 Å². The van der Waals surface area contributed by atoms with Crippen molar-refractivity contribution in [2.45, 2.75) is 0 Å². The van der Waals surface area contributed by atoms with Gasteiger partial charge in [0.2, 0.25) is 0 Å². The van der Waals surface area contributed by atoms with E-state index in [0.717, 1.165) is 31.9 Å². The fourth-order valence-corrected chi connectivity index (χ4v) is 2.51. The Bertz CT molecular complexity index is 684.